The monoisotopic (exact) mass is 419 g/mol. The second kappa shape index (κ2) is 7.54. The quantitative estimate of drug-likeness (QED) is 0.328. The van der Waals surface area contributed by atoms with Crippen LogP contribution in [-0.2, 0) is 44.5 Å². The molecule has 0 saturated heterocycles. The van der Waals surface area contributed by atoms with E-state index < -0.39 is 0 Å². The van der Waals surface area contributed by atoms with Crippen LogP contribution in [-0.4, -0.2) is 0 Å². The predicted molar refractivity (Wildman–Crippen MR) is 105 cm³/mol. The molecule has 0 bridgehead atoms. The van der Waals surface area contributed by atoms with E-state index in [9.17, 15) is 0 Å². The van der Waals surface area contributed by atoms with Gasteiger partial charge >= 0.3 is 0 Å². The molecule has 4 aromatic rings. The van der Waals surface area contributed by atoms with Gasteiger partial charge in [-0.2, -0.15) is 60.7 Å². The molecule has 1 aliphatic rings. The van der Waals surface area contributed by atoms with Crippen LogP contribution >= 0.6 is 0 Å². The van der Waals surface area contributed by atoms with Crippen molar-refractivity contribution in [2.75, 3.05) is 0 Å². The number of benzene rings is 4. The second-order valence-electron chi connectivity index (χ2n) is 6.79. The summed E-state index contributed by atoms with van der Waals surface area (Å²) in [5, 5.41) is 0. The Labute approximate surface area is 186 Å². The van der Waals surface area contributed by atoms with Crippen molar-refractivity contribution in [3.05, 3.63) is 143 Å². The van der Waals surface area contributed by atoms with Crippen LogP contribution in [0, 0.1) is 12.1 Å². The van der Waals surface area contributed by atoms with Crippen LogP contribution in [0.3, 0.4) is 0 Å². The first-order valence-corrected chi connectivity index (χ1v) is 9.02. The van der Waals surface area contributed by atoms with E-state index in [1.54, 1.807) is 0 Å². The molecular formula is C26H18Y-2. The van der Waals surface area contributed by atoms with Gasteiger partial charge < -0.3 is 0 Å². The second-order valence-corrected chi connectivity index (χ2v) is 6.79. The SMILES string of the molecule is [Y].[c-]1ccccc1C1(c2[c-]cccc2)c2ccccc2Cc2ccccc21. The zero-order valence-corrected chi connectivity index (χ0v) is 17.9. The van der Waals surface area contributed by atoms with Crippen LogP contribution in [0.4, 0.5) is 0 Å². The topological polar surface area (TPSA) is 0 Å². The largest absolute Gasteiger partial charge is 0.179 e. The van der Waals surface area contributed by atoms with Gasteiger partial charge in [-0.1, -0.05) is 48.5 Å². The molecule has 0 aliphatic heterocycles. The van der Waals surface area contributed by atoms with Crippen LogP contribution < -0.4 is 0 Å². The van der Waals surface area contributed by atoms with Gasteiger partial charge in [-0.05, 0) is 28.7 Å². The van der Waals surface area contributed by atoms with Gasteiger partial charge in [0, 0.05) is 38.1 Å². The van der Waals surface area contributed by atoms with Crippen LogP contribution in [0.25, 0.3) is 0 Å². The molecule has 127 valence electrons. The first kappa shape index (κ1) is 18.4. The predicted octanol–water partition coefficient (Wildman–Crippen LogP) is 5.57. The fourth-order valence-electron chi connectivity index (χ4n) is 4.41. The van der Waals surface area contributed by atoms with E-state index in [-0.39, 0.29) is 38.1 Å². The Kier molecular flexibility index (Phi) is 5.13. The fourth-order valence-corrected chi connectivity index (χ4v) is 4.41. The van der Waals surface area contributed by atoms with Crippen molar-refractivity contribution in [2.45, 2.75) is 11.8 Å². The third-order valence-electron chi connectivity index (χ3n) is 5.45. The van der Waals surface area contributed by atoms with Gasteiger partial charge in [0.25, 0.3) is 0 Å². The molecule has 27 heavy (non-hydrogen) atoms. The molecule has 0 N–H and O–H groups in total. The summed E-state index contributed by atoms with van der Waals surface area (Å²) in [4.78, 5) is 0. The van der Waals surface area contributed by atoms with Crippen molar-refractivity contribution in [2.24, 2.45) is 0 Å². The number of rotatable bonds is 2. The maximum absolute atomic E-state index is 3.54. The Morgan fingerprint density at radius 3 is 1.44 bits per heavy atom. The number of hydrogen-bond donors (Lipinski definition) is 0. The Hall–Kier alpha value is -2.02. The average molecular weight is 419 g/mol. The molecule has 1 radical (unpaired) electrons. The van der Waals surface area contributed by atoms with Crippen LogP contribution in [0.2, 0.25) is 0 Å². The zero-order chi connectivity index (χ0) is 17.4. The van der Waals surface area contributed by atoms with Crippen LogP contribution in [0.1, 0.15) is 33.4 Å². The van der Waals surface area contributed by atoms with Gasteiger partial charge in [0.1, 0.15) is 0 Å². The standard InChI is InChI=1S/C26H18.Y/c1-3-13-22(14-4-1)26(23-15-5-2-6-16-23)24-17-9-7-11-20(24)19-21-12-8-10-18-25(21)26;/h1-13,15,17-18H,19H2;/q-2;. The smallest absolute Gasteiger partial charge is 0.0259 e. The number of fused-ring (bicyclic) bond motifs is 2. The molecule has 0 amide bonds. The van der Waals surface area contributed by atoms with Crippen molar-refractivity contribution in [1.82, 2.24) is 0 Å². The molecule has 0 aromatic heterocycles. The molecule has 1 heteroatoms. The minimum atomic E-state index is -0.381. The summed E-state index contributed by atoms with van der Waals surface area (Å²) in [6.07, 6.45) is 0.966. The molecule has 0 atom stereocenters. The molecule has 4 aromatic carbocycles. The Balaban J connectivity index is 0.00000180. The van der Waals surface area contributed by atoms with Crippen molar-refractivity contribution in [3.63, 3.8) is 0 Å². The molecule has 0 spiro atoms. The van der Waals surface area contributed by atoms with Crippen molar-refractivity contribution < 1.29 is 32.7 Å². The molecule has 0 unspecified atom stereocenters. The van der Waals surface area contributed by atoms with Gasteiger partial charge in [0.15, 0.2) is 0 Å². The van der Waals surface area contributed by atoms with E-state index in [2.05, 4.69) is 84.9 Å². The Morgan fingerprint density at radius 1 is 0.556 bits per heavy atom. The van der Waals surface area contributed by atoms with E-state index in [1.165, 1.54) is 33.4 Å². The average Bonchev–Trinajstić information content (AvgIpc) is 2.73. The summed E-state index contributed by atoms with van der Waals surface area (Å²) in [5.74, 6) is 0. The zero-order valence-electron chi connectivity index (χ0n) is 15.0. The molecular weight excluding hydrogens is 401 g/mol. The third kappa shape index (κ3) is 2.83. The van der Waals surface area contributed by atoms with E-state index in [1.807, 2.05) is 24.3 Å². The molecule has 1 aliphatic carbocycles. The number of hydrogen-bond acceptors (Lipinski definition) is 0. The van der Waals surface area contributed by atoms with Crippen LogP contribution in [0.5, 0.6) is 0 Å². The molecule has 0 saturated carbocycles. The van der Waals surface area contributed by atoms with E-state index in [0.717, 1.165) is 6.42 Å². The summed E-state index contributed by atoms with van der Waals surface area (Å²) >= 11 is 0. The fraction of sp³-hybridized carbons (Fsp3) is 0.0769. The van der Waals surface area contributed by atoms with Crippen molar-refractivity contribution >= 4 is 0 Å². The summed E-state index contributed by atoms with van der Waals surface area (Å²) in [5.41, 5.74) is 7.38. The maximum atomic E-state index is 3.54. The van der Waals surface area contributed by atoms with Crippen molar-refractivity contribution in [3.8, 4) is 0 Å². The minimum Gasteiger partial charge on any atom is -0.179 e. The maximum Gasteiger partial charge on any atom is 0.0259 e. The first-order valence-electron chi connectivity index (χ1n) is 9.02. The summed E-state index contributed by atoms with van der Waals surface area (Å²) in [6.45, 7) is 0. The van der Waals surface area contributed by atoms with Gasteiger partial charge in [-0.15, -0.1) is 11.1 Å². The van der Waals surface area contributed by atoms with Gasteiger partial charge in [0.2, 0.25) is 0 Å². The third-order valence-corrected chi connectivity index (χ3v) is 5.45. The van der Waals surface area contributed by atoms with E-state index >= 15 is 0 Å². The Bertz CT molecular complexity index is 965. The van der Waals surface area contributed by atoms with Gasteiger partial charge in [-0.3, -0.25) is 0 Å². The molecule has 0 nitrogen and oxygen atoms in total. The molecule has 0 heterocycles. The molecule has 5 rings (SSSR count). The first-order chi connectivity index (χ1) is 12.9. The van der Waals surface area contributed by atoms with Crippen LogP contribution in [0.15, 0.2) is 97.1 Å². The van der Waals surface area contributed by atoms with Gasteiger partial charge in [0.05, 0.1) is 0 Å². The Morgan fingerprint density at radius 2 is 1.00 bits per heavy atom. The summed E-state index contributed by atoms with van der Waals surface area (Å²) in [7, 11) is 0. The van der Waals surface area contributed by atoms with Gasteiger partial charge in [-0.25, -0.2) is 0 Å². The van der Waals surface area contributed by atoms with E-state index in [0.29, 0.717) is 0 Å². The normalized spacial score (nSPS) is 13.8. The minimum absolute atomic E-state index is 0. The molecule has 0 fully saturated rings. The van der Waals surface area contributed by atoms with Crippen molar-refractivity contribution in [1.29, 1.82) is 0 Å². The summed E-state index contributed by atoms with van der Waals surface area (Å²) in [6, 6.07) is 41.4. The van der Waals surface area contributed by atoms with E-state index in [4.69, 9.17) is 0 Å². The summed E-state index contributed by atoms with van der Waals surface area (Å²) < 4.78 is 0.